The average Bonchev–Trinajstić information content (AvgIpc) is 3.17. The lowest BCUT2D eigenvalue weighted by molar-refractivity contribution is 0.0822. The van der Waals surface area contributed by atoms with E-state index in [1.54, 1.807) is 0 Å². The fourth-order valence-corrected chi connectivity index (χ4v) is 2.12. The Morgan fingerprint density at radius 2 is 2.19 bits per heavy atom. The molecule has 1 fully saturated rings. The third-order valence-electron chi connectivity index (χ3n) is 3.24. The number of nitrogens with one attached hydrogen (secondary N) is 1. The molecule has 2 heterocycles. The molecule has 0 bridgehead atoms. The molecule has 1 atom stereocenters. The fourth-order valence-electron chi connectivity index (χ4n) is 2.12. The van der Waals surface area contributed by atoms with Gasteiger partial charge >= 0.3 is 11.8 Å². The molecule has 110 valence electrons. The largest absolute Gasteiger partial charge is 0.376 e. The summed E-state index contributed by atoms with van der Waals surface area (Å²) in [7, 11) is 0. The molecular formula is C14H14FN3O3. The van der Waals surface area contributed by atoms with Crippen LogP contribution < -0.4 is 5.32 Å². The van der Waals surface area contributed by atoms with E-state index < -0.39 is 5.91 Å². The maximum Gasteiger partial charge on any atom is 0.316 e. The van der Waals surface area contributed by atoms with Crippen molar-refractivity contribution in [2.75, 3.05) is 13.2 Å². The maximum atomic E-state index is 12.8. The van der Waals surface area contributed by atoms with E-state index in [0.29, 0.717) is 12.1 Å². The summed E-state index contributed by atoms with van der Waals surface area (Å²) in [6.07, 6.45) is 1.99. The van der Waals surface area contributed by atoms with Gasteiger partial charge in [0.05, 0.1) is 6.10 Å². The predicted molar refractivity (Wildman–Crippen MR) is 71.0 cm³/mol. The molecule has 1 aromatic carbocycles. The van der Waals surface area contributed by atoms with Gasteiger partial charge in [-0.2, -0.15) is 4.98 Å². The maximum absolute atomic E-state index is 12.8. The molecule has 1 unspecified atom stereocenters. The number of nitrogens with zero attached hydrogens (tertiary/aromatic N) is 2. The minimum absolute atomic E-state index is 0.0495. The summed E-state index contributed by atoms with van der Waals surface area (Å²) >= 11 is 0. The molecule has 1 aliphatic rings. The van der Waals surface area contributed by atoms with Crippen LogP contribution >= 0.6 is 0 Å². The minimum Gasteiger partial charge on any atom is -0.376 e. The summed E-state index contributed by atoms with van der Waals surface area (Å²) in [6, 6.07) is 5.63. The Morgan fingerprint density at radius 3 is 2.90 bits per heavy atom. The van der Waals surface area contributed by atoms with Crippen molar-refractivity contribution in [3.05, 3.63) is 36.0 Å². The van der Waals surface area contributed by atoms with Crippen LogP contribution in [0.25, 0.3) is 11.4 Å². The van der Waals surface area contributed by atoms with Crippen LogP contribution in [0.1, 0.15) is 23.5 Å². The molecule has 0 radical (unpaired) electrons. The summed E-state index contributed by atoms with van der Waals surface area (Å²) in [5, 5.41) is 6.41. The highest BCUT2D eigenvalue weighted by molar-refractivity contribution is 5.89. The van der Waals surface area contributed by atoms with Crippen molar-refractivity contribution in [2.45, 2.75) is 18.9 Å². The second kappa shape index (κ2) is 6.01. The van der Waals surface area contributed by atoms with Gasteiger partial charge in [0.1, 0.15) is 5.82 Å². The number of amides is 1. The van der Waals surface area contributed by atoms with Crippen molar-refractivity contribution >= 4 is 5.91 Å². The number of hydrogen-bond donors (Lipinski definition) is 1. The second-order valence-electron chi connectivity index (χ2n) is 4.78. The third kappa shape index (κ3) is 3.25. The van der Waals surface area contributed by atoms with Gasteiger partial charge in [0.2, 0.25) is 5.82 Å². The molecule has 0 aliphatic carbocycles. The Morgan fingerprint density at radius 1 is 1.38 bits per heavy atom. The monoisotopic (exact) mass is 291 g/mol. The molecule has 1 N–H and O–H groups in total. The molecule has 6 nitrogen and oxygen atoms in total. The van der Waals surface area contributed by atoms with E-state index >= 15 is 0 Å². The van der Waals surface area contributed by atoms with Crippen LogP contribution in [-0.2, 0) is 4.74 Å². The van der Waals surface area contributed by atoms with Crippen molar-refractivity contribution < 1.29 is 18.4 Å². The Balaban J connectivity index is 1.63. The average molecular weight is 291 g/mol. The van der Waals surface area contributed by atoms with E-state index in [2.05, 4.69) is 15.5 Å². The van der Waals surface area contributed by atoms with Crippen LogP contribution in [0.15, 0.2) is 28.8 Å². The smallest absolute Gasteiger partial charge is 0.316 e. The molecular weight excluding hydrogens is 277 g/mol. The van der Waals surface area contributed by atoms with Gasteiger partial charge < -0.3 is 14.6 Å². The van der Waals surface area contributed by atoms with Crippen LogP contribution in [0.2, 0.25) is 0 Å². The Labute approximate surface area is 120 Å². The standard InChI is InChI=1S/C14H14FN3O3/c15-10-5-3-9(4-6-10)12-17-14(21-18-12)13(19)16-8-11-2-1-7-20-11/h3-6,11H,1-2,7-8H2,(H,16,19). The molecule has 0 spiro atoms. The zero-order chi connectivity index (χ0) is 14.7. The molecule has 1 amide bonds. The number of hydrogen-bond acceptors (Lipinski definition) is 5. The second-order valence-corrected chi connectivity index (χ2v) is 4.78. The number of aromatic nitrogens is 2. The number of rotatable bonds is 4. The molecule has 7 heteroatoms. The van der Waals surface area contributed by atoms with Gasteiger partial charge in [0.25, 0.3) is 0 Å². The van der Waals surface area contributed by atoms with Crippen LogP contribution in [0, 0.1) is 5.82 Å². The topological polar surface area (TPSA) is 77.2 Å². The van der Waals surface area contributed by atoms with E-state index in [1.807, 2.05) is 0 Å². The summed E-state index contributed by atoms with van der Waals surface area (Å²) in [5.74, 6) is -0.660. The predicted octanol–water partition coefficient (Wildman–Crippen LogP) is 1.78. The zero-order valence-electron chi connectivity index (χ0n) is 11.2. The highest BCUT2D eigenvalue weighted by atomic mass is 19.1. The van der Waals surface area contributed by atoms with Gasteiger partial charge in [0, 0.05) is 18.7 Å². The zero-order valence-corrected chi connectivity index (χ0v) is 11.2. The summed E-state index contributed by atoms with van der Waals surface area (Å²) in [6.45, 7) is 1.16. The van der Waals surface area contributed by atoms with Crippen LogP contribution in [-0.4, -0.2) is 35.3 Å². The summed E-state index contributed by atoms with van der Waals surface area (Å²) < 4.78 is 23.2. The first-order valence-corrected chi connectivity index (χ1v) is 6.72. The van der Waals surface area contributed by atoms with Gasteiger partial charge in [-0.25, -0.2) is 4.39 Å². The van der Waals surface area contributed by atoms with Crippen molar-refractivity contribution in [3.8, 4) is 11.4 Å². The minimum atomic E-state index is -0.439. The fraction of sp³-hybridized carbons (Fsp3) is 0.357. The molecule has 3 rings (SSSR count). The number of ether oxygens (including phenoxy) is 1. The molecule has 1 aliphatic heterocycles. The van der Waals surface area contributed by atoms with Gasteiger partial charge in [-0.05, 0) is 37.1 Å². The van der Waals surface area contributed by atoms with Crippen molar-refractivity contribution in [2.24, 2.45) is 0 Å². The number of halogens is 1. The summed E-state index contributed by atoms with van der Waals surface area (Å²) in [5.41, 5.74) is 0.582. The first kappa shape index (κ1) is 13.7. The molecule has 1 saturated heterocycles. The van der Waals surface area contributed by atoms with E-state index in [0.717, 1.165) is 19.4 Å². The van der Waals surface area contributed by atoms with Crippen molar-refractivity contribution in [1.82, 2.24) is 15.5 Å². The van der Waals surface area contributed by atoms with E-state index in [4.69, 9.17) is 9.26 Å². The van der Waals surface area contributed by atoms with Gasteiger partial charge in [0.15, 0.2) is 0 Å². The Bertz CT molecular complexity index is 621. The molecule has 1 aromatic heterocycles. The lowest BCUT2D eigenvalue weighted by Gasteiger charge is -2.08. The van der Waals surface area contributed by atoms with Crippen LogP contribution in [0.5, 0.6) is 0 Å². The first-order valence-electron chi connectivity index (χ1n) is 6.72. The van der Waals surface area contributed by atoms with Gasteiger partial charge in [-0.3, -0.25) is 4.79 Å². The lowest BCUT2D eigenvalue weighted by atomic mass is 10.2. The first-order chi connectivity index (χ1) is 10.2. The SMILES string of the molecule is O=C(NCC1CCCO1)c1nc(-c2ccc(F)cc2)no1. The van der Waals surface area contributed by atoms with E-state index in [9.17, 15) is 9.18 Å². The Kier molecular flexibility index (Phi) is 3.92. The quantitative estimate of drug-likeness (QED) is 0.929. The number of carbonyl (C=O) groups is 1. The van der Waals surface area contributed by atoms with Crippen LogP contribution in [0.3, 0.4) is 0 Å². The third-order valence-corrected chi connectivity index (χ3v) is 3.24. The molecule has 2 aromatic rings. The Hall–Kier alpha value is -2.28. The number of benzene rings is 1. The van der Waals surface area contributed by atoms with Crippen molar-refractivity contribution in [1.29, 1.82) is 0 Å². The van der Waals surface area contributed by atoms with E-state index in [-0.39, 0.29) is 23.6 Å². The molecule has 21 heavy (non-hydrogen) atoms. The van der Waals surface area contributed by atoms with Crippen LogP contribution in [0.4, 0.5) is 4.39 Å². The van der Waals surface area contributed by atoms with Gasteiger partial charge in [-0.1, -0.05) is 5.16 Å². The normalized spacial score (nSPS) is 17.9. The molecule has 0 saturated carbocycles. The highest BCUT2D eigenvalue weighted by Gasteiger charge is 2.20. The van der Waals surface area contributed by atoms with Gasteiger partial charge in [-0.15, -0.1) is 0 Å². The number of carbonyl (C=O) groups excluding carboxylic acids is 1. The lowest BCUT2D eigenvalue weighted by Crippen LogP contribution is -2.31. The highest BCUT2D eigenvalue weighted by Crippen LogP contribution is 2.16. The summed E-state index contributed by atoms with van der Waals surface area (Å²) in [4.78, 5) is 15.9. The van der Waals surface area contributed by atoms with E-state index in [1.165, 1.54) is 24.3 Å². The van der Waals surface area contributed by atoms with Crippen molar-refractivity contribution in [3.63, 3.8) is 0 Å².